The van der Waals surface area contributed by atoms with Gasteiger partial charge in [-0.2, -0.15) is 0 Å². The Bertz CT molecular complexity index is 405. The zero-order chi connectivity index (χ0) is 11.0. The third-order valence-corrected chi connectivity index (χ3v) is 3.76. The Hall–Kier alpha value is -1.28. The Kier molecular flexibility index (Phi) is 2.44. The summed E-state index contributed by atoms with van der Waals surface area (Å²) < 4.78 is 0. The van der Waals surface area contributed by atoms with Gasteiger partial charge in [0, 0.05) is 18.3 Å². The van der Waals surface area contributed by atoms with E-state index in [9.17, 15) is 0 Å². The van der Waals surface area contributed by atoms with Gasteiger partial charge >= 0.3 is 0 Å². The third kappa shape index (κ3) is 1.74. The molecule has 2 heterocycles. The van der Waals surface area contributed by atoms with Gasteiger partial charge < -0.3 is 5.73 Å². The number of hydrogen-bond acceptors (Lipinski definition) is 2. The molecule has 2 heteroatoms. The number of hydrogen-bond donors (Lipinski definition) is 1. The molecule has 3 rings (SSSR count). The van der Waals surface area contributed by atoms with Gasteiger partial charge in [0.25, 0.3) is 0 Å². The van der Waals surface area contributed by atoms with Crippen molar-refractivity contribution >= 4 is 11.3 Å². The van der Waals surface area contributed by atoms with Crippen LogP contribution in [0.4, 0.5) is 5.69 Å². The second kappa shape index (κ2) is 3.95. The maximum absolute atomic E-state index is 5.71. The molecule has 1 aromatic carbocycles. The summed E-state index contributed by atoms with van der Waals surface area (Å²) in [4.78, 5) is 2.60. The number of rotatable bonds is 1. The van der Waals surface area contributed by atoms with Crippen LogP contribution in [0.2, 0.25) is 0 Å². The first-order chi connectivity index (χ1) is 7.83. The zero-order valence-electron chi connectivity index (χ0n) is 9.52. The van der Waals surface area contributed by atoms with E-state index in [4.69, 9.17) is 5.73 Å². The van der Waals surface area contributed by atoms with Gasteiger partial charge in [-0.15, -0.1) is 0 Å². The molecule has 0 radical (unpaired) electrons. The molecule has 0 bridgehead atoms. The van der Waals surface area contributed by atoms with Crippen molar-refractivity contribution in [3.63, 3.8) is 0 Å². The molecule has 0 saturated carbocycles. The summed E-state index contributed by atoms with van der Waals surface area (Å²) in [5.41, 5.74) is 9.41. The molecule has 1 saturated heterocycles. The highest BCUT2D eigenvalue weighted by atomic mass is 15.2. The van der Waals surface area contributed by atoms with E-state index in [1.807, 2.05) is 12.1 Å². The quantitative estimate of drug-likeness (QED) is 0.728. The van der Waals surface area contributed by atoms with Crippen molar-refractivity contribution in [2.24, 2.45) is 0 Å². The number of benzene rings is 1. The zero-order valence-corrected chi connectivity index (χ0v) is 9.52. The minimum atomic E-state index is 0.696. The summed E-state index contributed by atoms with van der Waals surface area (Å²) in [5.74, 6) is 0. The molecule has 84 valence electrons. The minimum absolute atomic E-state index is 0.696. The number of nitrogens with zero attached hydrogens (tertiary/aromatic N) is 1. The van der Waals surface area contributed by atoms with Gasteiger partial charge in [-0.3, -0.25) is 4.90 Å². The number of fused-ring (bicyclic) bond motifs is 1. The normalized spacial score (nSPS) is 25.2. The molecule has 2 N–H and O–H groups in total. The van der Waals surface area contributed by atoms with E-state index in [1.54, 1.807) is 0 Å². The van der Waals surface area contributed by atoms with Gasteiger partial charge in [-0.25, -0.2) is 0 Å². The Morgan fingerprint density at radius 1 is 1.12 bits per heavy atom. The summed E-state index contributed by atoms with van der Waals surface area (Å²) in [5, 5.41) is 0. The average molecular weight is 214 g/mol. The lowest BCUT2D eigenvalue weighted by Gasteiger charge is -2.28. The second-order valence-electron chi connectivity index (χ2n) is 4.81. The SMILES string of the molecule is Nc1ccc(C2=CC3CCCN3CC2)cc1. The largest absolute Gasteiger partial charge is 0.399 e. The van der Waals surface area contributed by atoms with Gasteiger partial charge in [0.1, 0.15) is 0 Å². The van der Waals surface area contributed by atoms with Crippen LogP contribution in [0.15, 0.2) is 30.3 Å². The summed E-state index contributed by atoms with van der Waals surface area (Å²) in [6.45, 7) is 2.51. The Morgan fingerprint density at radius 2 is 1.94 bits per heavy atom. The highest BCUT2D eigenvalue weighted by Crippen LogP contribution is 2.30. The van der Waals surface area contributed by atoms with Crippen LogP contribution in [-0.2, 0) is 0 Å². The predicted molar refractivity (Wildman–Crippen MR) is 68.0 cm³/mol. The average Bonchev–Trinajstić information content (AvgIpc) is 2.77. The molecule has 0 aromatic heterocycles. The van der Waals surface area contributed by atoms with Crippen LogP contribution in [-0.4, -0.2) is 24.0 Å². The third-order valence-electron chi connectivity index (χ3n) is 3.76. The molecule has 2 aliphatic heterocycles. The first-order valence-corrected chi connectivity index (χ1v) is 6.13. The van der Waals surface area contributed by atoms with Crippen molar-refractivity contribution in [2.45, 2.75) is 25.3 Å². The van der Waals surface area contributed by atoms with Crippen LogP contribution >= 0.6 is 0 Å². The van der Waals surface area contributed by atoms with Crippen molar-refractivity contribution in [1.29, 1.82) is 0 Å². The predicted octanol–water partition coefficient (Wildman–Crippen LogP) is 2.52. The number of anilines is 1. The van der Waals surface area contributed by atoms with Gasteiger partial charge in [0.15, 0.2) is 0 Å². The van der Waals surface area contributed by atoms with Gasteiger partial charge in [-0.1, -0.05) is 18.2 Å². The molecule has 1 unspecified atom stereocenters. The van der Waals surface area contributed by atoms with Crippen molar-refractivity contribution in [2.75, 3.05) is 18.8 Å². The van der Waals surface area contributed by atoms with E-state index in [-0.39, 0.29) is 0 Å². The van der Waals surface area contributed by atoms with Crippen LogP contribution in [0.5, 0.6) is 0 Å². The maximum atomic E-state index is 5.71. The Morgan fingerprint density at radius 3 is 2.75 bits per heavy atom. The Labute approximate surface area is 96.7 Å². The summed E-state index contributed by atoms with van der Waals surface area (Å²) in [6.07, 6.45) is 6.33. The van der Waals surface area contributed by atoms with Crippen LogP contribution in [0, 0.1) is 0 Å². The first-order valence-electron chi connectivity index (χ1n) is 6.13. The molecule has 0 aliphatic carbocycles. The van der Waals surface area contributed by atoms with Crippen LogP contribution in [0.1, 0.15) is 24.8 Å². The smallest absolute Gasteiger partial charge is 0.0314 e. The summed E-state index contributed by atoms with van der Waals surface area (Å²) >= 11 is 0. The lowest BCUT2D eigenvalue weighted by Crippen LogP contribution is -2.32. The van der Waals surface area contributed by atoms with E-state index in [1.165, 1.54) is 43.5 Å². The molecule has 16 heavy (non-hydrogen) atoms. The molecular formula is C14H18N2. The number of nitrogen functional groups attached to an aromatic ring is 1. The van der Waals surface area contributed by atoms with Gasteiger partial charge in [0.05, 0.1) is 0 Å². The van der Waals surface area contributed by atoms with Crippen molar-refractivity contribution < 1.29 is 0 Å². The lowest BCUT2D eigenvalue weighted by molar-refractivity contribution is 0.288. The van der Waals surface area contributed by atoms with E-state index < -0.39 is 0 Å². The highest BCUT2D eigenvalue weighted by Gasteiger charge is 2.26. The monoisotopic (exact) mass is 214 g/mol. The molecule has 1 aromatic rings. The van der Waals surface area contributed by atoms with Gasteiger partial charge in [0.2, 0.25) is 0 Å². The van der Waals surface area contributed by atoms with Gasteiger partial charge in [-0.05, 0) is 49.1 Å². The molecule has 1 atom stereocenters. The second-order valence-corrected chi connectivity index (χ2v) is 4.81. The first kappa shape index (κ1) is 9.91. The highest BCUT2D eigenvalue weighted by molar-refractivity contribution is 5.68. The fourth-order valence-corrected chi connectivity index (χ4v) is 2.84. The van der Waals surface area contributed by atoms with Crippen LogP contribution < -0.4 is 5.73 Å². The van der Waals surface area contributed by atoms with E-state index >= 15 is 0 Å². The topological polar surface area (TPSA) is 29.3 Å². The lowest BCUT2D eigenvalue weighted by atomic mass is 9.96. The maximum Gasteiger partial charge on any atom is 0.0314 e. The molecule has 2 aliphatic rings. The summed E-state index contributed by atoms with van der Waals surface area (Å²) in [7, 11) is 0. The fraction of sp³-hybridized carbons (Fsp3) is 0.429. The minimum Gasteiger partial charge on any atom is -0.399 e. The fourth-order valence-electron chi connectivity index (χ4n) is 2.84. The molecule has 2 nitrogen and oxygen atoms in total. The molecular weight excluding hydrogens is 196 g/mol. The van der Waals surface area contributed by atoms with E-state index in [0.717, 1.165) is 5.69 Å². The van der Waals surface area contributed by atoms with Crippen molar-refractivity contribution in [3.05, 3.63) is 35.9 Å². The standard InChI is InChI=1S/C14H18N2/c15-13-5-3-11(4-6-13)12-7-9-16-8-1-2-14(16)10-12/h3-6,10,14H,1-2,7-9,15H2. The molecule has 0 amide bonds. The van der Waals surface area contributed by atoms with E-state index in [2.05, 4.69) is 23.1 Å². The van der Waals surface area contributed by atoms with Crippen molar-refractivity contribution in [1.82, 2.24) is 4.90 Å². The Balaban J connectivity index is 1.87. The summed E-state index contributed by atoms with van der Waals surface area (Å²) in [6, 6.07) is 8.98. The number of nitrogens with two attached hydrogens (primary N) is 1. The molecule has 0 spiro atoms. The van der Waals surface area contributed by atoms with Crippen LogP contribution in [0.3, 0.4) is 0 Å². The molecule has 1 fully saturated rings. The van der Waals surface area contributed by atoms with Crippen LogP contribution in [0.25, 0.3) is 5.57 Å². The van der Waals surface area contributed by atoms with Crippen molar-refractivity contribution in [3.8, 4) is 0 Å². The van der Waals surface area contributed by atoms with E-state index in [0.29, 0.717) is 6.04 Å².